The molecule has 0 fully saturated rings. The summed E-state index contributed by atoms with van der Waals surface area (Å²) < 4.78 is 0. The first-order chi connectivity index (χ1) is 6.11. The second-order valence-corrected chi connectivity index (χ2v) is 2.98. The standard InChI is InChI=1S/C8H16N2O3/c1-2-3-4-6(8(9)12)5-7(11)10-13/h6,13H,2-5H2,1H3,(H2,9,12)(H,10,11). The van der Waals surface area contributed by atoms with Crippen molar-refractivity contribution in [3.63, 3.8) is 0 Å². The zero-order valence-electron chi connectivity index (χ0n) is 7.75. The van der Waals surface area contributed by atoms with E-state index in [2.05, 4.69) is 0 Å². The predicted octanol–water partition coefficient (Wildman–Crippen LogP) is 0.174. The number of nitrogens with two attached hydrogens (primary N) is 1. The lowest BCUT2D eigenvalue weighted by molar-refractivity contribution is -0.133. The van der Waals surface area contributed by atoms with Crippen molar-refractivity contribution >= 4 is 11.8 Å². The van der Waals surface area contributed by atoms with Gasteiger partial charge in [-0.3, -0.25) is 14.8 Å². The predicted molar refractivity (Wildman–Crippen MR) is 46.8 cm³/mol. The summed E-state index contributed by atoms with van der Waals surface area (Å²) in [7, 11) is 0. The van der Waals surface area contributed by atoms with Crippen molar-refractivity contribution in [1.29, 1.82) is 0 Å². The fraction of sp³-hybridized carbons (Fsp3) is 0.750. The fourth-order valence-corrected chi connectivity index (χ4v) is 1.06. The summed E-state index contributed by atoms with van der Waals surface area (Å²) in [5, 5.41) is 8.24. The molecule has 0 aliphatic heterocycles. The minimum atomic E-state index is -0.570. The second-order valence-electron chi connectivity index (χ2n) is 2.98. The van der Waals surface area contributed by atoms with Crippen molar-refractivity contribution < 1.29 is 14.8 Å². The van der Waals surface area contributed by atoms with Crippen LogP contribution in [0.15, 0.2) is 0 Å². The molecule has 76 valence electrons. The summed E-state index contributed by atoms with van der Waals surface area (Å²) in [4.78, 5) is 21.5. The fourth-order valence-electron chi connectivity index (χ4n) is 1.06. The van der Waals surface area contributed by atoms with Crippen molar-refractivity contribution in [2.75, 3.05) is 0 Å². The number of hydrogen-bond donors (Lipinski definition) is 3. The summed E-state index contributed by atoms with van der Waals surface area (Å²) in [6, 6.07) is 0. The van der Waals surface area contributed by atoms with E-state index in [0.29, 0.717) is 6.42 Å². The highest BCUT2D eigenvalue weighted by atomic mass is 16.5. The molecule has 13 heavy (non-hydrogen) atoms. The van der Waals surface area contributed by atoms with Crippen LogP contribution in [0.4, 0.5) is 0 Å². The van der Waals surface area contributed by atoms with Gasteiger partial charge in [0.15, 0.2) is 0 Å². The highest BCUT2D eigenvalue weighted by Crippen LogP contribution is 2.11. The van der Waals surface area contributed by atoms with Crippen molar-refractivity contribution in [1.82, 2.24) is 5.48 Å². The molecule has 4 N–H and O–H groups in total. The molecule has 0 aromatic rings. The van der Waals surface area contributed by atoms with E-state index in [1.165, 1.54) is 5.48 Å². The van der Waals surface area contributed by atoms with E-state index < -0.39 is 17.7 Å². The smallest absolute Gasteiger partial charge is 0.244 e. The summed E-state index contributed by atoms with van der Waals surface area (Å²) in [6.07, 6.45) is 2.36. The Hall–Kier alpha value is -1.10. The molecule has 0 saturated carbocycles. The third-order valence-electron chi connectivity index (χ3n) is 1.87. The molecule has 0 spiro atoms. The van der Waals surface area contributed by atoms with E-state index in [-0.39, 0.29) is 6.42 Å². The number of hydrogen-bond acceptors (Lipinski definition) is 3. The molecule has 0 aliphatic carbocycles. The lowest BCUT2D eigenvalue weighted by Crippen LogP contribution is -2.29. The Bertz CT molecular complexity index is 182. The summed E-state index contributed by atoms with van der Waals surface area (Å²) >= 11 is 0. The maximum Gasteiger partial charge on any atom is 0.244 e. The van der Waals surface area contributed by atoms with Gasteiger partial charge >= 0.3 is 0 Å². The number of nitrogens with one attached hydrogen (secondary N) is 1. The van der Waals surface area contributed by atoms with Gasteiger partial charge in [-0.1, -0.05) is 19.8 Å². The number of rotatable bonds is 6. The summed E-state index contributed by atoms with van der Waals surface area (Å²) in [6.45, 7) is 1.99. The van der Waals surface area contributed by atoms with Gasteiger partial charge in [-0.2, -0.15) is 0 Å². The zero-order valence-corrected chi connectivity index (χ0v) is 7.75. The van der Waals surface area contributed by atoms with Crippen LogP contribution >= 0.6 is 0 Å². The Kier molecular flexibility index (Phi) is 5.88. The van der Waals surface area contributed by atoms with Crippen molar-refractivity contribution in [3.8, 4) is 0 Å². The van der Waals surface area contributed by atoms with Gasteiger partial charge in [-0.05, 0) is 6.42 Å². The van der Waals surface area contributed by atoms with Crippen LogP contribution in [0, 0.1) is 5.92 Å². The van der Waals surface area contributed by atoms with Gasteiger partial charge in [0.2, 0.25) is 11.8 Å². The molecule has 1 unspecified atom stereocenters. The van der Waals surface area contributed by atoms with Crippen LogP contribution in [0.1, 0.15) is 32.6 Å². The average molecular weight is 188 g/mol. The molecule has 2 amide bonds. The van der Waals surface area contributed by atoms with Crippen LogP contribution in [-0.2, 0) is 9.59 Å². The minimum absolute atomic E-state index is 0.0359. The Morgan fingerprint density at radius 2 is 2.15 bits per heavy atom. The van der Waals surface area contributed by atoms with E-state index >= 15 is 0 Å². The van der Waals surface area contributed by atoms with Crippen LogP contribution in [0.3, 0.4) is 0 Å². The highest BCUT2D eigenvalue weighted by molar-refractivity contribution is 5.84. The lowest BCUT2D eigenvalue weighted by Gasteiger charge is -2.10. The molecule has 0 radical (unpaired) electrons. The Morgan fingerprint density at radius 3 is 2.54 bits per heavy atom. The normalized spacial score (nSPS) is 12.2. The largest absolute Gasteiger partial charge is 0.369 e. The molecule has 5 nitrogen and oxygen atoms in total. The third-order valence-corrected chi connectivity index (χ3v) is 1.87. The quantitative estimate of drug-likeness (QED) is 0.410. The number of carbonyl (C=O) groups excluding carboxylic acids is 2. The molecule has 0 bridgehead atoms. The van der Waals surface area contributed by atoms with Crippen molar-refractivity contribution in [2.24, 2.45) is 11.7 Å². The summed E-state index contributed by atoms with van der Waals surface area (Å²) in [5.74, 6) is -1.52. The van der Waals surface area contributed by atoms with Crippen LogP contribution < -0.4 is 11.2 Å². The van der Waals surface area contributed by atoms with Crippen molar-refractivity contribution in [3.05, 3.63) is 0 Å². The first kappa shape index (κ1) is 11.9. The van der Waals surface area contributed by atoms with Gasteiger partial charge in [0.1, 0.15) is 0 Å². The van der Waals surface area contributed by atoms with E-state index in [1.807, 2.05) is 6.92 Å². The lowest BCUT2D eigenvalue weighted by atomic mass is 9.98. The Balaban J connectivity index is 3.94. The minimum Gasteiger partial charge on any atom is -0.369 e. The molecular weight excluding hydrogens is 172 g/mol. The Morgan fingerprint density at radius 1 is 1.54 bits per heavy atom. The molecule has 0 aromatic heterocycles. The van der Waals surface area contributed by atoms with Crippen LogP contribution in [-0.4, -0.2) is 17.0 Å². The first-order valence-corrected chi connectivity index (χ1v) is 4.34. The van der Waals surface area contributed by atoms with Crippen LogP contribution in [0.25, 0.3) is 0 Å². The first-order valence-electron chi connectivity index (χ1n) is 4.34. The second kappa shape index (κ2) is 6.42. The van der Waals surface area contributed by atoms with E-state index in [9.17, 15) is 9.59 Å². The van der Waals surface area contributed by atoms with Gasteiger partial charge in [-0.25, -0.2) is 5.48 Å². The number of unbranched alkanes of at least 4 members (excludes halogenated alkanes) is 1. The van der Waals surface area contributed by atoms with Crippen LogP contribution in [0.5, 0.6) is 0 Å². The number of primary amides is 1. The van der Waals surface area contributed by atoms with E-state index in [4.69, 9.17) is 10.9 Å². The molecule has 0 rings (SSSR count). The molecule has 0 saturated heterocycles. The van der Waals surface area contributed by atoms with Gasteiger partial charge in [-0.15, -0.1) is 0 Å². The van der Waals surface area contributed by atoms with Gasteiger partial charge in [0.05, 0.1) is 0 Å². The number of amides is 2. The zero-order chi connectivity index (χ0) is 10.3. The average Bonchev–Trinajstić information content (AvgIpc) is 2.11. The van der Waals surface area contributed by atoms with Crippen molar-refractivity contribution in [2.45, 2.75) is 32.6 Å². The van der Waals surface area contributed by atoms with Gasteiger partial charge in [0.25, 0.3) is 0 Å². The molecule has 0 aliphatic rings. The third kappa shape index (κ3) is 5.19. The molecular formula is C8H16N2O3. The maximum atomic E-state index is 10.8. The maximum absolute atomic E-state index is 10.8. The SMILES string of the molecule is CCCCC(CC(=O)NO)C(N)=O. The monoisotopic (exact) mass is 188 g/mol. The molecule has 5 heteroatoms. The molecule has 0 aromatic carbocycles. The Labute approximate surface area is 77.3 Å². The van der Waals surface area contributed by atoms with Gasteiger partial charge in [0, 0.05) is 12.3 Å². The highest BCUT2D eigenvalue weighted by Gasteiger charge is 2.18. The molecule has 1 atom stereocenters. The van der Waals surface area contributed by atoms with Crippen LogP contribution in [0.2, 0.25) is 0 Å². The van der Waals surface area contributed by atoms with E-state index in [1.54, 1.807) is 0 Å². The number of carbonyl (C=O) groups is 2. The summed E-state index contributed by atoms with van der Waals surface area (Å²) in [5.41, 5.74) is 6.56. The molecule has 0 heterocycles. The topological polar surface area (TPSA) is 92.4 Å². The van der Waals surface area contributed by atoms with E-state index in [0.717, 1.165) is 12.8 Å². The number of hydroxylamine groups is 1. The van der Waals surface area contributed by atoms with Gasteiger partial charge < -0.3 is 5.73 Å².